The number of hydrogen-bond donors (Lipinski definition) is 1. The average molecular weight is 680 g/mol. The fourth-order valence-corrected chi connectivity index (χ4v) is 9.49. The monoisotopic (exact) mass is 679 g/mol. The number of nitrogens with zero attached hydrogens (tertiary/aromatic N) is 7. The average Bonchev–Trinajstić information content (AvgIpc) is 3.75. The highest BCUT2D eigenvalue weighted by molar-refractivity contribution is 6.32. The zero-order chi connectivity index (χ0) is 32.6. The van der Waals surface area contributed by atoms with Crippen LogP contribution in [0.1, 0.15) is 70.4 Å². The van der Waals surface area contributed by atoms with E-state index in [-0.39, 0.29) is 41.6 Å². The number of aliphatic hydroxyl groups excluding tert-OH is 1. The van der Waals surface area contributed by atoms with Crippen LogP contribution in [0.3, 0.4) is 0 Å². The first-order valence-electron chi connectivity index (χ1n) is 17.4. The summed E-state index contributed by atoms with van der Waals surface area (Å²) in [6.07, 6.45) is 10.6. The third kappa shape index (κ3) is 5.13. The number of benzene rings is 1. The van der Waals surface area contributed by atoms with Crippen LogP contribution in [0.25, 0.3) is 33.1 Å². The predicted octanol–water partition coefficient (Wildman–Crippen LogP) is 6.23. The molecule has 5 aliphatic rings. The second-order valence-corrected chi connectivity index (χ2v) is 15.2. The summed E-state index contributed by atoms with van der Waals surface area (Å²) in [5.41, 5.74) is 1.11. The molecule has 0 radical (unpaired) electrons. The molecule has 1 N–H and O–H groups in total. The lowest BCUT2D eigenvalue weighted by atomic mass is 9.62. The standard InChI is InChI=1S/C35H40ClF2N7O3/c36-21-11-24(25-17-40-45(27(25)12-21)28-5-1-2-10-47-28)30-29(38)31-26(16-39-30)32(43-8-3-6-34(19-43)14-23(46)15-34)42-33(41-31)48-20-35-7-4-9-44(35)18-22(37)13-35/h11-12,16-17,22-23,28,46H,1-10,13-15,18-20H2/t22-,23?,28?,34?,35+/m1/s1. The molecular formula is C35H40ClF2N7O3. The van der Waals surface area contributed by atoms with Crippen molar-refractivity contribution in [1.29, 1.82) is 0 Å². The maximum absolute atomic E-state index is 17.0. The lowest BCUT2D eigenvalue weighted by Gasteiger charge is -2.51. The Morgan fingerprint density at radius 3 is 2.75 bits per heavy atom. The van der Waals surface area contributed by atoms with Gasteiger partial charge in [0.05, 0.1) is 28.7 Å². The molecule has 10 nitrogen and oxygen atoms in total. The second kappa shape index (κ2) is 11.7. The van der Waals surface area contributed by atoms with Gasteiger partial charge in [0, 0.05) is 54.8 Å². The van der Waals surface area contributed by atoms with Gasteiger partial charge in [0.2, 0.25) is 0 Å². The zero-order valence-electron chi connectivity index (χ0n) is 26.9. The molecule has 7 heterocycles. The lowest BCUT2D eigenvalue weighted by molar-refractivity contribution is -0.0396. The van der Waals surface area contributed by atoms with Gasteiger partial charge in [0.1, 0.15) is 29.8 Å². The molecule has 4 aliphatic heterocycles. The van der Waals surface area contributed by atoms with Crippen LogP contribution in [-0.4, -0.2) is 91.9 Å². The summed E-state index contributed by atoms with van der Waals surface area (Å²) in [4.78, 5) is 18.6. The molecule has 0 bridgehead atoms. The fourth-order valence-electron chi connectivity index (χ4n) is 9.28. The second-order valence-electron chi connectivity index (χ2n) is 14.8. The first-order valence-corrected chi connectivity index (χ1v) is 17.8. The van der Waals surface area contributed by atoms with Gasteiger partial charge in [-0.2, -0.15) is 15.1 Å². The molecule has 1 aliphatic carbocycles. The van der Waals surface area contributed by atoms with E-state index in [1.54, 1.807) is 18.5 Å². The summed E-state index contributed by atoms with van der Waals surface area (Å²) in [6.45, 7) is 3.61. The van der Waals surface area contributed by atoms with Crippen molar-refractivity contribution in [3.05, 3.63) is 35.4 Å². The quantitative estimate of drug-likeness (QED) is 0.254. The summed E-state index contributed by atoms with van der Waals surface area (Å²) in [5, 5.41) is 16.5. The zero-order valence-corrected chi connectivity index (χ0v) is 27.6. The number of halogens is 3. The Hall–Kier alpha value is -3.19. The van der Waals surface area contributed by atoms with Crippen LogP contribution in [0, 0.1) is 11.2 Å². The molecule has 1 saturated carbocycles. The number of piperidine rings is 1. The van der Waals surface area contributed by atoms with Crippen molar-refractivity contribution in [3.8, 4) is 17.3 Å². The van der Waals surface area contributed by atoms with Crippen molar-refractivity contribution >= 4 is 39.2 Å². The van der Waals surface area contributed by atoms with Crippen molar-refractivity contribution in [2.45, 2.75) is 88.3 Å². The Labute approximate surface area is 282 Å². The van der Waals surface area contributed by atoms with Crippen LogP contribution in [0.2, 0.25) is 5.02 Å². The van der Waals surface area contributed by atoms with E-state index in [0.29, 0.717) is 53.3 Å². The predicted molar refractivity (Wildman–Crippen MR) is 178 cm³/mol. The molecule has 1 aromatic carbocycles. The van der Waals surface area contributed by atoms with Gasteiger partial charge in [0.15, 0.2) is 12.0 Å². The van der Waals surface area contributed by atoms with Crippen LogP contribution in [0.5, 0.6) is 6.01 Å². The third-order valence-electron chi connectivity index (χ3n) is 11.5. The summed E-state index contributed by atoms with van der Waals surface area (Å²) in [6, 6.07) is 3.62. The number of fused-ring (bicyclic) bond motifs is 3. The molecule has 1 spiro atoms. The van der Waals surface area contributed by atoms with E-state index in [4.69, 9.17) is 26.1 Å². The molecule has 0 amide bonds. The van der Waals surface area contributed by atoms with E-state index in [2.05, 4.69) is 24.9 Å². The first-order chi connectivity index (χ1) is 23.3. The van der Waals surface area contributed by atoms with Crippen LogP contribution >= 0.6 is 11.6 Å². The Bertz CT molecular complexity index is 1870. The maximum atomic E-state index is 17.0. The van der Waals surface area contributed by atoms with Gasteiger partial charge in [-0.25, -0.2) is 13.5 Å². The molecule has 254 valence electrons. The summed E-state index contributed by atoms with van der Waals surface area (Å²) >= 11 is 6.64. The van der Waals surface area contributed by atoms with Crippen molar-refractivity contribution in [2.24, 2.45) is 5.41 Å². The highest BCUT2D eigenvalue weighted by Crippen LogP contribution is 2.49. The lowest BCUT2D eigenvalue weighted by Crippen LogP contribution is -2.52. The highest BCUT2D eigenvalue weighted by atomic mass is 35.5. The summed E-state index contributed by atoms with van der Waals surface area (Å²) in [7, 11) is 0. The van der Waals surface area contributed by atoms with Gasteiger partial charge >= 0.3 is 6.01 Å². The highest BCUT2D eigenvalue weighted by Gasteiger charge is 2.50. The van der Waals surface area contributed by atoms with E-state index < -0.39 is 17.5 Å². The van der Waals surface area contributed by atoms with Crippen LogP contribution in [-0.2, 0) is 4.74 Å². The molecule has 5 fully saturated rings. The van der Waals surface area contributed by atoms with Crippen molar-refractivity contribution in [2.75, 3.05) is 44.3 Å². The van der Waals surface area contributed by atoms with Crippen molar-refractivity contribution in [1.82, 2.24) is 29.6 Å². The molecule has 13 heteroatoms. The Morgan fingerprint density at radius 1 is 1.04 bits per heavy atom. The van der Waals surface area contributed by atoms with Crippen molar-refractivity contribution < 1.29 is 23.4 Å². The molecular weight excluding hydrogens is 640 g/mol. The molecule has 3 atom stereocenters. The fraction of sp³-hybridized carbons (Fsp3) is 0.600. The Balaban J connectivity index is 1.14. The number of aliphatic hydroxyl groups is 1. The minimum Gasteiger partial charge on any atom is -0.461 e. The topological polar surface area (TPSA) is 102 Å². The van der Waals surface area contributed by atoms with Crippen LogP contribution in [0.4, 0.5) is 14.6 Å². The van der Waals surface area contributed by atoms with Gasteiger partial charge in [0.25, 0.3) is 0 Å². The van der Waals surface area contributed by atoms with Gasteiger partial charge in [-0.05, 0) is 81.9 Å². The number of pyridine rings is 1. The third-order valence-corrected chi connectivity index (χ3v) is 11.8. The number of ether oxygens (including phenoxy) is 2. The molecule has 4 aromatic rings. The Kier molecular flexibility index (Phi) is 7.52. The molecule has 4 saturated heterocycles. The van der Waals surface area contributed by atoms with E-state index in [1.165, 1.54) is 0 Å². The Morgan fingerprint density at radius 2 is 1.92 bits per heavy atom. The molecule has 9 rings (SSSR count). The SMILES string of the molecule is OC1CC2(CCCN(c3nc(OC[C@@]45CCCN4C[C@H](F)C5)nc4c(F)c(-c5cc(Cl)cc6c5cnn6C5CCCCO5)ncc34)C2)C1. The maximum Gasteiger partial charge on any atom is 0.319 e. The number of hydrogen-bond acceptors (Lipinski definition) is 9. The minimum absolute atomic E-state index is 0.0137. The summed E-state index contributed by atoms with van der Waals surface area (Å²) < 4.78 is 45.7. The van der Waals surface area contributed by atoms with E-state index in [0.717, 1.165) is 76.4 Å². The largest absolute Gasteiger partial charge is 0.461 e. The number of alkyl halides is 1. The minimum atomic E-state index is -0.890. The van der Waals surface area contributed by atoms with Gasteiger partial charge < -0.3 is 19.5 Å². The normalized spacial score (nSPS) is 30.8. The molecule has 1 unspecified atom stereocenters. The molecule has 3 aromatic heterocycles. The van der Waals surface area contributed by atoms with E-state index in [1.807, 2.05) is 10.7 Å². The van der Waals surface area contributed by atoms with Crippen LogP contribution in [0.15, 0.2) is 24.5 Å². The van der Waals surface area contributed by atoms with Gasteiger partial charge in [-0.1, -0.05) is 11.6 Å². The summed E-state index contributed by atoms with van der Waals surface area (Å²) in [5.74, 6) is -0.0233. The number of rotatable bonds is 6. The van der Waals surface area contributed by atoms with E-state index in [9.17, 15) is 9.50 Å². The smallest absolute Gasteiger partial charge is 0.319 e. The molecule has 48 heavy (non-hydrogen) atoms. The van der Waals surface area contributed by atoms with Gasteiger partial charge in [-0.3, -0.25) is 9.88 Å². The van der Waals surface area contributed by atoms with Gasteiger partial charge in [-0.15, -0.1) is 0 Å². The van der Waals surface area contributed by atoms with Crippen LogP contribution < -0.4 is 9.64 Å². The number of aromatic nitrogens is 5. The number of anilines is 1. The van der Waals surface area contributed by atoms with Crippen molar-refractivity contribution in [3.63, 3.8) is 0 Å². The van der Waals surface area contributed by atoms with E-state index >= 15 is 4.39 Å². The first kappa shape index (κ1) is 30.8.